The van der Waals surface area contributed by atoms with Crippen molar-refractivity contribution in [3.8, 4) is 28.7 Å². The first-order valence-corrected chi connectivity index (χ1v) is 10.9. The molecule has 1 aromatic heterocycles. The summed E-state index contributed by atoms with van der Waals surface area (Å²) in [6.45, 7) is 3.73. The fourth-order valence-electron chi connectivity index (χ4n) is 3.49. The van der Waals surface area contributed by atoms with E-state index >= 15 is 0 Å². The van der Waals surface area contributed by atoms with E-state index in [0.717, 1.165) is 15.8 Å². The Morgan fingerprint density at radius 2 is 1.72 bits per heavy atom. The maximum Gasteiger partial charge on any atom is 0.272 e. The Kier molecular flexibility index (Phi) is 6.36. The number of nitrogens with zero attached hydrogens (tertiary/aromatic N) is 2. The van der Waals surface area contributed by atoms with Gasteiger partial charge in [0.1, 0.15) is 13.2 Å². The SMILES string of the molecule is CCn1c(=NC(=O)/C=C\c2cc(OC)c(OC)c(OC)c2)sc2cc3c(cc21)OCCO3. The van der Waals surface area contributed by atoms with Crippen LogP contribution in [0.5, 0.6) is 28.7 Å². The van der Waals surface area contributed by atoms with Crippen LogP contribution in [0.3, 0.4) is 0 Å². The second kappa shape index (κ2) is 9.35. The molecule has 0 unspecified atom stereocenters. The summed E-state index contributed by atoms with van der Waals surface area (Å²) >= 11 is 1.44. The number of carbonyl (C=O) groups is 1. The molecule has 168 valence electrons. The first-order chi connectivity index (χ1) is 15.6. The number of aryl methyl sites for hydroxylation is 1. The van der Waals surface area contributed by atoms with Crippen LogP contribution in [-0.4, -0.2) is 45.0 Å². The highest BCUT2D eigenvalue weighted by Crippen LogP contribution is 2.38. The maximum absolute atomic E-state index is 12.6. The number of thiazole rings is 1. The second-order valence-corrected chi connectivity index (χ2v) is 7.84. The van der Waals surface area contributed by atoms with Gasteiger partial charge in [-0.1, -0.05) is 11.3 Å². The van der Waals surface area contributed by atoms with Crippen LogP contribution >= 0.6 is 11.3 Å². The Morgan fingerprint density at radius 1 is 1.06 bits per heavy atom. The van der Waals surface area contributed by atoms with Crippen molar-refractivity contribution in [2.75, 3.05) is 34.5 Å². The van der Waals surface area contributed by atoms with Gasteiger partial charge in [-0.2, -0.15) is 4.99 Å². The van der Waals surface area contributed by atoms with Gasteiger partial charge in [-0.05, 0) is 30.7 Å². The molecule has 32 heavy (non-hydrogen) atoms. The van der Waals surface area contributed by atoms with Crippen molar-refractivity contribution in [1.29, 1.82) is 0 Å². The van der Waals surface area contributed by atoms with E-state index in [1.165, 1.54) is 17.4 Å². The van der Waals surface area contributed by atoms with E-state index in [4.69, 9.17) is 23.7 Å². The maximum atomic E-state index is 12.6. The van der Waals surface area contributed by atoms with Crippen molar-refractivity contribution >= 4 is 33.5 Å². The van der Waals surface area contributed by atoms with Crippen LogP contribution in [-0.2, 0) is 11.3 Å². The Balaban J connectivity index is 1.67. The van der Waals surface area contributed by atoms with Gasteiger partial charge in [0.05, 0.1) is 31.5 Å². The number of aromatic nitrogens is 1. The predicted molar refractivity (Wildman–Crippen MR) is 122 cm³/mol. The van der Waals surface area contributed by atoms with Crippen LogP contribution in [0.15, 0.2) is 35.3 Å². The molecule has 0 N–H and O–H groups in total. The summed E-state index contributed by atoms with van der Waals surface area (Å²) in [7, 11) is 4.63. The molecule has 2 heterocycles. The van der Waals surface area contributed by atoms with Crippen LogP contribution in [0.25, 0.3) is 16.3 Å². The van der Waals surface area contributed by atoms with E-state index in [0.29, 0.717) is 53.3 Å². The number of hydrogen-bond acceptors (Lipinski definition) is 7. The van der Waals surface area contributed by atoms with Gasteiger partial charge in [0, 0.05) is 24.8 Å². The molecule has 0 bridgehead atoms. The van der Waals surface area contributed by atoms with Crippen molar-refractivity contribution in [2.45, 2.75) is 13.5 Å². The Hall–Kier alpha value is -3.46. The van der Waals surface area contributed by atoms with Crippen LogP contribution in [0.2, 0.25) is 0 Å². The molecule has 8 nitrogen and oxygen atoms in total. The first-order valence-electron chi connectivity index (χ1n) is 10.1. The highest BCUT2D eigenvalue weighted by molar-refractivity contribution is 7.16. The van der Waals surface area contributed by atoms with E-state index in [2.05, 4.69) is 4.99 Å². The molecule has 0 atom stereocenters. The molecule has 0 saturated heterocycles. The van der Waals surface area contributed by atoms with Gasteiger partial charge in [0.2, 0.25) is 5.75 Å². The van der Waals surface area contributed by atoms with Crippen molar-refractivity contribution in [3.05, 3.63) is 40.7 Å². The smallest absolute Gasteiger partial charge is 0.272 e. The van der Waals surface area contributed by atoms with Gasteiger partial charge in [-0.15, -0.1) is 0 Å². The third kappa shape index (κ3) is 4.16. The second-order valence-electron chi connectivity index (χ2n) is 6.83. The van der Waals surface area contributed by atoms with Crippen LogP contribution < -0.4 is 28.5 Å². The van der Waals surface area contributed by atoms with Crippen molar-refractivity contribution in [3.63, 3.8) is 0 Å². The van der Waals surface area contributed by atoms with Gasteiger partial charge in [0.15, 0.2) is 27.8 Å². The van der Waals surface area contributed by atoms with Crippen LogP contribution in [0.1, 0.15) is 12.5 Å². The summed E-state index contributed by atoms with van der Waals surface area (Å²) in [6.07, 6.45) is 3.09. The Labute approximate surface area is 189 Å². The zero-order valence-corrected chi connectivity index (χ0v) is 19.2. The number of fused-ring (bicyclic) bond motifs is 2. The molecule has 1 amide bonds. The largest absolute Gasteiger partial charge is 0.493 e. The van der Waals surface area contributed by atoms with Crippen LogP contribution in [0, 0.1) is 0 Å². The Bertz CT molecular complexity index is 1230. The molecular weight excluding hydrogens is 432 g/mol. The fourth-order valence-corrected chi connectivity index (χ4v) is 4.60. The predicted octanol–water partition coefficient (Wildman–Crippen LogP) is 3.66. The van der Waals surface area contributed by atoms with Gasteiger partial charge in [-0.3, -0.25) is 4.79 Å². The summed E-state index contributed by atoms with van der Waals surface area (Å²) in [5.74, 6) is 2.57. The number of amides is 1. The zero-order valence-electron chi connectivity index (χ0n) is 18.3. The van der Waals surface area contributed by atoms with Gasteiger partial charge in [0.25, 0.3) is 5.91 Å². The number of methoxy groups -OCH3 is 3. The minimum absolute atomic E-state index is 0.371. The van der Waals surface area contributed by atoms with E-state index in [-0.39, 0.29) is 5.91 Å². The van der Waals surface area contributed by atoms with Crippen molar-refractivity contribution < 1.29 is 28.5 Å². The zero-order chi connectivity index (χ0) is 22.7. The highest BCUT2D eigenvalue weighted by atomic mass is 32.1. The summed E-state index contributed by atoms with van der Waals surface area (Å²) in [5.41, 5.74) is 1.69. The molecule has 0 fully saturated rings. The quantitative estimate of drug-likeness (QED) is 0.527. The summed E-state index contributed by atoms with van der Waals surface area (Å²) in [4.78, 5) is 17.6. The third-order valence-corrected chi connectivity index (χ3v) is 6.02. The number of carbonyl (C=O) groups excluding carboxylic acids is 1. The van der Waals surface area contributed by atoms with E-state index in [1.807, 2.05) is 23.6 Å². The normalized spacial score (nSPS) is 13.6. The standard InChI is InChI=1S/C23H24N2O6S/c1-5-25-15-12-16-17(31-9-8-30-16)13-20(15)32-23(25)24-21(26)7-6-14-10-18(27-2)22(29-4)19(11-14)28-3/h6-7,10-13H,5,8-9H2,1-4H3/b7-6-,24-23?. The Morgan fingerprint density at radius 3 is 2.31 bits per heavy atom. The molecule has 0 aliphatic carbocycles. The number of rotatable bonds is 6. The van der Waals surface area contributed by atoms with Gasteiger partial charge in [-0.25, -0.2) is 0 Å². The van der Waals surface area contributed by atoms with Crippen LogP contribution in [0.4, 0.5) is 0 Å². The average Bonchev–Trinajstić information content (AvgIpc) is 3.15. The molecule has 1 aliphatic heterocycles. The van der Waals surface area contributed by atoms with Crippen molar-refractivity contribution in [2.24, 2.45) is 4.99 Å². The number of benzene rings is 2. The fraction of sp³-hybridized carbons (Fsp3) is 0.304. The highest BCUT2D eigenvalue weighted by Gasteiger charge is 2.16. The van der Waals surface area contributed by atoms with E-state index < -0.39 is 0 Å². The minimum atomic E-state index is -0.371. The molecule has 3 aromatic rings. The molecule has 4 rings (SSSR count). The molecule has 0 spiro atoms. The van der Waals surface area contributed by atoms with E-state index in [1.54, 1.807) is 39.5 Å². The first kappa shape index (κ1) is 21.8. The summed E-state index contributed by atoms with van der Waals surface area (Å²) < 4.78 is 30.4. The lowest BCUT2D eigenvalue weighted by Gasteiger charge is -2.18. The lowest BCUT2D eigenvalue weighted by atomic mass is 10.1. The molecule has 0 radical (unpaired) electrons. The lowest BCUT2D eigenvalue weighted by Crippen LogP contribution is -2.16. The van der Waals surface area contributed by atoms with Gasteiger partial charge < -0.3 is 28.3 Å². The van der Waals surface area contributed by atoms with Crippen molar-refractivity contribution in [1.82, 2.24) is 4.57 Å². The average molecular weight is 457 g/mol. The lowest BCUT2D eigenvalue weighted by molar-refractivity contribution is -0.113. The third-order valence-electron chi connectivity index (χ3n) is 4.97. The monoisotopic (exact) mass is 456 g/mol. The van der Waals surface area contributed by atoms with Gasteiger partial charge >= 0.3 is 0 Å². The van der Waals surface area contributed by atoms with E-state index in [9.17, 15) is 4.79 Å². The molecule has 9 heteroatoms. The topological polar surface area (TPSA) is 80.5 Å². The number of hydrogen-bond donors (Lipinski definition) is 0. The number of ether oxygens (including phenoxy) is 5. The summed E-state index contributed by atoms with van der Waals surface area (Å²) in [6, 6.07) is 7.41. The minimum Gasteiger partial charge on any atom is -0.493 e. The molecule has 2 aromatic carbocycles. The molecular formula is C23H24N2O6S. The molecule has 1 aliphatic rings. The molecule has 0 saturated carbocycles. The summed E-state index contributed by atoms with van der Waals surface area (Å²) in [5, 5.41) is 0.